The van der Waals surface area contributed by atoms with E-state index in [1.165, 1.54) is 7.11 Å². The second kappa shape index (κ2) is 3.80. The molecule has 1 saturated carbocycles. The minimum atomic E-state index is -0.616. The molecule has 0 N–H and O–H groups in total. The molecule has 5 nitrogen and oxygen atoms in total. The SMILES string of the molecule is COC(=O)C1(c2nc3ccc(C)cn3n2)CCC1. The number of nitrogens with zero attached hydrogens (tertiary/aromatic N) is 3. The van der Waals surface area contributed by atoms with E-state index in [1.54, 1.807) is 4.52 Å². The molecule has 3 rings (SSSR count). The summed E-state index contributed by atoms with van der Waals surface area (Å²) in [6, 6.07) is 3.90. The molecule has 2 aromatic heterocycles. The molecule has 0 aliphatic heterocycles. The van der Waals surface area contributed by atoms with Crippen LogP contribution in [0.4, 0.5) is 0 Å². The summed E-state index contributed by atoms with van der Waals surface area (Å²) in [6.45, 7) is 2.00. The van der Waals surface area contributed by atoms with Gasteiger partial charge in [0.05, 0.1) is 7.11 Å². The molecule has 0 atom stereocenters. The van der Waals surface area contributed by atoms with Crippen molar-refractivity contribution in [3.05, 3.63) is 29.7 Å². The molecule has 2 aromatic rings. The fourth-order valence-corrected chi connectivity index (χ4v) is 2.43. The first-order valence-corrected chi connectivity index (χ1v) is 6.08. The number of esters is 1. The maximum atomic E-state index is 11.9. The second-order valence-corrected chi connectivity index (χ2v) is 4.87. The minimum Gasteiger partial charge on any atom is -0.468 e. The van der Waals surface area contributed by atoms with Gasteiger partial charge in [0.15, 0.2) is 11.5 Å². The van der Waals surface area contributed by atoms with Gasteiger partial charge in [-0.15, -0.1) is 0 Å². The van der Waals surface area contributed by atoms with E-state index in [0.717, 1.165) is 30.5 Å². The van der Waals surface area contributed by atoms with E-state index >= 15 is 0 Å². The lowest BCUT2D eigenvalue weighted by molar-refractivity contribution is -0.151. The Morgan fingerprint density at radius 1 is 1.44 bits per heavy atom. The third-order valence-electron chi connectivity index (χ3n) is 3.69. The zero-order chi connectivity index (χ0) is 12.8. The second-order valence-electron chi connectivity index (χ2n) is 4.87. The maximum Gasteiger partial charge on any atom is 0.319 e. The van der Waals surface area contributed by atoms with Crippen molar-refractivity contribution in [2.75, 3.05) is 7.11 Å². The topological polar surface area (TPSA) is 56.5 Å². The number of methoxy groups -OCH3 is 1. The number of carbonyl (C=O) groups is 1. The molecule has 0 saturated heterocycles. The molecular formula is C13H15N3O2. The lowest BCUT2D eigenvalue weighted by Crippen LogP contribution is -2.44. The minimum absolute atomic E-state index is 0.221. The molecule has 0 unspecified atom stereocenters. The highest BCUT2D eigenvalue weighted by Crippen LogP contribution is 2.43. The normalized spacial score (nSPS) is 17.4. The third kappa shape index (κ3) is 1.43. The Kier molecular flexibility index (Phi) is 2.36. The Balaban J connectivity index is 2.10. The van der Waals surface area contributed by atoms with E-state index in [4.69, 9.17) is 4.74 Å². The highest BCUT2D eigenvalue weighted by Gasteiger charge is 2.50. The van der Waals surface area contributed by atoms with Crippen molar-refractivity contribution in [3.8, 4) is 0 Å². The standard InChI is InChI=1S/C13H15N3O2/c1-9-4-5-10-14-11(15-16(10)8-9)13(6-3-7-13)12(17)18-2/h4-5,8H,3,6-7H2,1-2H3. The van der Waals surface area contributed by atoms with Crippen molar-refractivity contribution in [2.45, 2.75) is 31.6 Å². The number of ether oxygens (including phenoxy) is 1. The van der Waals surface area contributed by atoms with Crippen LogP contribution in [-0.4, -0.2) is 27.7 Å². The van der Waals surface area contributed by atoms with E-state index in [9.17, 15) is 4.79 Å². The van der Waals surface area contributed by atoms with Crippen LogP contribution in [0.5, 0.6) is 0 Å². The predicted molar refractivity (Wildman–Crippen MR) is 65.3 cm³/mol. The highest BCUT2D eigenvalue weighted by molar-refractivity contribution is 5.83. The van der Waals surface area contributed by atoms with Crippen LogP contribution in [0.2, 0.25) is 0 Å². The molecule has 2 heterocycles. The molecule has 5 heteroatoms. The summed E-state index contributed by atoms with van der Waals surface area (Å²) in [5, 5.41) is 4.44. The molecule has 94 valence electrons. The average Bonchev–Trinajstić information content (AvgIpc) is 2.70. The molecule has 0 bridgehead atoms. The summed E-state index contributed by atoms with van der Waals surface area (Å²) < 4.78 is 6.63. The molecule has 1 fully saturated rings. The van der Waals surface area contributed by atoms with Crippen molar-refractivity contribution in [2.24, 2.45) is 0 Å². The summed E-state index contributed by atoms with van der Waals surface area (Å²) in [7, 11) is 1.42. The van der Waals surface area contributed by atoms with E-state index in [2.05, 4.69) is 10.1 Å². The van der Waals surface area contributed by atoms with Crippen LogP contribution in [0.1, 0.15) is 30.7 Å². The molecule has 1 aliphatic carbocycles. The monoisotopic (exact) mass is 245 g/mol. The van der Waals surface area contributed by atoms with Gasteiger partial charge in [-0.05, 0) is 31.4 Å². The predicted octanol–water partition coefficient (Wildman–Crippen LogP) is 1.63. The Bertz CT molecular complexity index is 614. The van der Waals surface area contributed by atoms with Crippen LogP contribution in [0, 0.1) is 6.92 Å². The van der Waals surface area contributed by atoms with Gasteiger partial charge in [0.2, 0.25) is 0 Å². The number of pyridine rings is 1. The van der Waals surface area contributed by atoms with Crippen LogP contribution in [0.25, 0.3) is 5.65 Å². The Morgan fingerprint density at radius 2 is 2.22 bits per heavy atom. The summed E-state index contributed by atoms with van der Waals surface area (Å²) in [6.07, 6.45) is 4.48. The average molecular weight is 245 g/mol. The molecule has 1 aliphatic rings. The fraction of sp³-hybridized carbons (Fsp3) is 0.462. The van der Waals surface area contributed by atoms with Gasteiger partial charge >= 0.3 is 5.97 Å². The summed E-state index contributed by atoms with van der Waals surface area (Å²) >= 11 is 0. The van der Waals surface area contributed by atoms with Crippen molar-refractivity contribution in [3.63, 3.8) is 0 Å². The molecule has 0 amide bonds. The van der Waals surface area contributed by atoms with Crippen molar-refractivity contribution < 1.29 is 9.53 Å². The van der Waals surface area contributed by atoms with Crippen LogP contribution in [-0.2, 0) is 14.9 Å². The van der Waals surface area contributed by atoms with Gasteiger partial charge < -0.3 is 4.74 Å². The summed E-state index contributed by atoms with van der Waals surface area (Å²) in [5.74, 6) is 0.368. The van der Waals surface area contributed by atoms with Crippen LogP contribution in [0.3, 0.4) is 0 Å². The fourth-order valence-electron chi connectivity index (χ4n) is 2.43. The Hall–Kier alpha value is -1.91. The van der Waals surface area contributed by atoms with E-state index < -0.39 is 5.41 Å². The lowest BCUT2D eigenvalue weighted by Gasteiger charge is -2.35. The third-order valence-corrected chi connectivity index (χ3v) is 3.69. The van der Waals surface area contributed by atoms with E-state index in [0.29, 0.717) is 5.82 Å². The number of carbonyl (C=O) groups excluding carboxylic acids is 1. The lowest BCUT2D eigenvalue weighted by atomic mass is 9.68. The van der Waals surface area contributed by atoms with E-state index in [1.807, 2.05) is 25.3 Å². The van der Waals surface area contributed by atoms with Crippen molar-refractivity contribution in [1.82, 2.24) is 14.6 Å². The van der Waals surface area contributed by atoms with Gasteiger partial charge in [-0.3, -0.25) is 4.79 Å². The smallest absolute Gasteiger partial charge is 0.319 e. The highest BCUT2D eigenvalue weighted by atomic mass is 16.5. The molecule has 18 heavy (non-hydrogen) atoms. The van der Waals surface area contributed by atoms with Crippen molar-refractivity contribution in [1.29, 1.82) is 0 Å². The van der Waals surface area contributed by atoms with Gasteiger partial charge in [0.25, 0.3) is 0 Å². The maximum absolute atomic E-state index is 11.9. The number of aromatic nitrogens is 3. The Morgan fingerprint density at radius 3 is 2.83 bits per heavy atom. The van der Waals surface area contributed by atoms with Gasteiger partial charge in [-0.2, -0.15) is 5.10 Å². The molecular weight excluding hydrogens is 230 g/mol. The number of rotatable bonds is 2. The van der Waals surface area contributed by atoms with Crippen molar-refractivity contribution >= 4 is 11.6 Å². The van der Waals surface area contributed by atoms with Gasteiger partial charge in [-0.1, -0.05) is 12.5 Å². The van der Waals surface area contributed by atoms with Crippen LogP contribution < -0.4 is 0 Å². The van der Waals surface area contributed by atoms with Gasteiger partial charge in [0.1, 0.15) is 5.41 Å². The van der Waals surface area contributed by atoms with Gasteiger partial charge in [-0.25, -0.2) is 9.50 Å². The Labute approximate surface area is 105 Å². The van der Waals surface area contributed by atoms with Gasteiger partial charge in [0, 0.05) is 6.20 Å². The molecule has 0 spiro atoms. The largest absolute Gasteiger partial charge is 0.468 e. The number of aryl methyl sites for hydroxylation is 1. The molecule has 0 radical (unpaired) electrons. The first kappa shape index (κ1) is 11.2. The van der Waals surface area contributed by atoms with Crippen LogP contribution >= 0.6 is 0 Å². The summed E-state index contributed by atoms with van der Waals surface area (Å²) in [5.41, 5.74) is 1.26. The van der Waals surface area contributed by atoms with Crippen LogP contribution in [0.15, 0.2) is 18.3 Å². The first-order valence-electron chi connectivity index (χ1n) is 6.08. The summed E-state index contributed by atoms with van der Waals surface area (Å²) in [4.78, 5) is 16.4. The zero-order valence-electron chi connectivity index (χ0n) is 10.5. The quantitative estimate of drug-likeness (QED) is 0.755. The number of hydrogen-bond acceptors (Lipinski definition) is 4. The molecule has 0 aromatic carbocycles. The number of hydrogen-bond donors (Lipinski definition) is 0. The van der Waals surface area contributed by atoms with E-state index in [-0.39, 0.29) is 5.97 Å². The number of fused-ring (bicyclic) bond motifs is 1. The first-order chi connectivity index (χ1) is 8.65. The zero-order valence-corrected chi connectivity index (χ0v) is 10.5.